The van der Waals surface area contributed by atoms with Crippen molar-refractivity contribution in [3.05, 3.63) is 0 Å². The van der Waals surface area contributed by atoms with E-state index in [1.54, 1.807) is 0 Å². The SMILES string of the molecule is CCNc1nc(NCC)nc(N(CC)CC)n1. The second kappa shape index (κ2) is 6.88. The summed E-state index contributed by atoms with van der Waals surface area (Å²) in [7, 11) is 0. The lowest BCUT2D eigenvalue weighted by atomic mass is 10.5. The fourth-order valence-corrected chi connectivity index (χ4v) is 1.49. The Morgan fingerprint density at radius 1 is 0.824 bits per heavy atom. The topological polar surface area (TPSA) is 66.0 Å². The molecule has 0 fully saturated rings. The van der Waals surface area contributed by atoms with Gasteiger partial charge < -0.3 is 15.5 Å². The highest BCUT2D eigenvalue weighted by Crippen LogP contribution is 2.13. The lowest BCUT2D eigenvalue weighted by Crippen LogP contribution is -2.25. The zero-order valence-corrected chi connectivity index (χ0v) is 11.1. The summed E-state index contributed by atoms with van der Waals surface area (Å²) in [6, 6.07) is 0. The standard InChI is InChI=1S/C11H22N6/c1-5-12-9-14-10(13-6-2)16-11(15-9)17(7-3)8-4/h5-8H2,1-4H3,(H2,12,13,14,15,16). The first-order valence-electron chi connectivity index (χ1n) is 6.23. The summed E-state index contributed by atoms with van der Waals surface area (Å²) in [5.41, 5.74) is 0. The summed E-state index contributed by atoms with van der Waals surface area (Å²) in [5.74, 6) is 1.97. The van der Waals surface area contributed by atoms with Crippen LogP contribution in [0.15, 0.2) is 0 Å². The predicted molar refractivity (Wildman–Crippen MR) is 71.7 cm³/mol. The largest absolute Gasteiger partial charge is 0.354 e. The molecule has 0 aromatic carbocycles. The van der Waals surface area contributed by atoms with Crippen LogP contribution in [0.2, 0.25) is 0 Å². The van der Waals surface area contributed by atoms with Gasteiger partial charge in [-0.2, -0.15) is 15.0 Å². The van der Waals surface area contributed by atoms with E-state index in [2.05, 4.69) is 44.3 Å². The molecule has 6 nitrogen and oxygen atoms in total. The van der Waals surface area contributed by atoms with E-state index in [4.69, 9.17) is 0 Å². The van der Waals surface area contributed by atoms with Crippen LogP contribution in [0.25, 0.3) is 0 Å². The van der Waals surface area contributed by atoms with Gasteiger partial charge in [-0.1, -0.05) is 0 Å². The van der Waals surface area contributed by atoms with Gasteiger partial charge in [-0.05, 0) is 27.7 Å². The molecule has 6 heteroatoms. The van der Waals surface area contributed by atoms with Crippen LogP contribution in [-0.2, 0) is 0 Å². The molecule has 0 atom stereocenters. The molecule has 0 spiro atoms. The minimum Gasteiger partial charge on any atom is -0.354 e. The van der Waals surface area contributed by atoms with Crippen molar-refractivity contribution in [1.29, 1.82) is 0 Å². The highest BCUT2D eigenvalue weighted by atomic mass is 15.3. The number of hydrogen-bond donors (Lipinski definition) is 2. The molecule has 96 valence electrons. The molecule has 1 rings (SSSR count). The first kappa shape index (κ1) is 13.5. The maximum atomic E-state index is 4.40. The molecule has 0 saturated carbocycles. The third kappa shape index (κ3) is 3.72. The van der Waals surface area contributed by atoms with Crippen molar-refractivity contribution in [2.24, 2.45) is 0 Å². The van der Waals surface area contributed by atoms with E-state index in [0.29, 0.717) is 11.9 Å². The summed E-state index contributed by atoms with van der Waals surface area (Å²) in [4.78, 5) is 15.2. The second-order valence-corrected chi connectivity index (χ2v) is 3.52. The normalized spacial score (nSPS) is 10.1. The van der Waals surface area contributed by atoms with Crippen LogP contribution in [0.1, 0.15) is 27.7 Å². The van der Waals surface area contributed by atoms with Gasteiger partial charge in [0.25, 0.3) is 0 Å². The third-order valence-electron chi connectivity index (χ3n) is 2.34. The van der Waals surface area contributed by atoms with Gasteiger partial charge in [0.15, 0.2) is 0 Å². The Bertz CT molecular complexity index is 312. The number of nitrogens with one attached hydrogen (secondary N) is 2. The van der Waals surface area contributed by atoms with Crippen LogP contribution < -0.4 is 15.5 Å². The van der Waals surface area contributed by atoms with Crippen molar-refractivity contribution in [3.8, 4) is 0 Å². The molecule has 1 heterocycles. The van der Waals surface area contributed by atoms with Crippen LogP contribution in [0.4, 0.5) is 17.8 Å². The summed E-state index contributed by atoms with van der Waals surface area (Å²) in [6.07, 6.45) is 0. The number of aromatic nitrogens is 3. The van der Waals surface area contributed by atoms with E-state index in [0.717, 1.165) is 32.1 Å². The average Bonchev–Trinajstić information content (AvgIpc) is 2.31. The number of rotatable bonds is 7. The Morgan fingerprint density at radius 3 is 1.65 bits per heavy atom. The van der Waals surface area contributed by atoms with E-state index in [1.807, 2.05) is 13.8 Å². The Balaban J connectivity index is 3.01. The molecule has 1 aromatic rings. The molecule has 0 amide bonds. The molecular formula is C11H22N6. The minimum atomic E-state index is 0.625. The van der Waals surface area contributed by atoms with Gasteiger partial charge in [-0.25, -0.2) is 0 Å². The van der Waals surface area contributed by atoms with Crippen LogP contribution in [0, 0.1) is 0 Å². The highest BCUT2D eigenvalue weighted by Gasteiger charge is 2.10. The van der Waals surface area contributed by atoms with Gasteiger partial charge in [0.1, 0.15) is 0 Å². The molecule has 0 unspecified atom stereocenters. The summed E-state index contributed by atoms with van der Waals surface area (Å²) in [6.45, 7) is 11.6. The molecule has 0 aliphatic heterocycles. The number of anilines is 3. The van der Waals surface area contributed by atoms with E-state index >= 15 is 0 Å². The maximum Gasteiger partial charge on any atom is 0.231 e. The van der Waals surface area contributed by atoms with Gasteiger partial charge in [0, 0.05) is 26.2 Å². The van der Waals surface area contributed by atoms with Crippen LogP contribution in [0.3, 0.4) is 0 Å². The Labute approximate surface area is 103 Å². The zero-order valence-electron chi connectivity index (χ0n) is 11.1. The van der Waals surface area contributed by atoms with Crippen molar-refractivity contribution in [1.82, 2.24) is 15.0 Å². The molecule has 0 aliphatic carbocycles. The highest BCUT2D eigenvalue weighted by molar-refractivity contribution is 5.43. The predicted octanol–water partition coefficient (Wildman–Crippen LogP) is 1.58. The van der Waals surface area contributed by atoms with Gasteiger partial charge in [0.05, 0.1) is 0 Å². The van der Waals surface area contributed by atoms with Crippen molar-refractivity contribution in [2.75, 3.05) is 41.7 Å². The molecule has 0 bridgehead atoms. The number of hydrogen-bond acceptors (Lipinski definition) is 6. The van der Waals surface area contributed by atoms with E-state index in [9.17, 15) is 0 Å². The fraction of sp³-hybridized carbons (Fsp3) is 0.727. The number of nitrogens with zero attached hydrogens (tertiary/aromatic N) is 4. The Morgan fingerprint density at radius 2 is 1.29 bits per heavy atom. The van der Waals surface area contributed by atoms with Crippen molar-refractivity contribution in [2.45, 2.75) is 27.7 Å². The molecule has 1 aromatic heterocycles. The Hall–Kier alpha value is -1.59. The van der Waals surface area contributed by atoms with Crippen LogP contribution in [-0.4, -0.2) is 41.1 Å². The Kier molecular flexibility index (Phi) is 5.45. The van der Waals surface area contributed by atoms with Crippen molar-refractivity contribution in [3.63, 3.8) is 0 Å². The average molecular weight is 238 g/mol. The van der Waals surface area contributed by atoms with Crippen molar-refractivity contribution < 1.29 is 0 Å². The van der Waals surface area contributed by atoms with Gasteiger partial charge in [0.2, 0.25) is 17.8 Å². The zero-order chi connectivity index (χ0) is 12.7. The smallest absolute Gasteiger partial charge is 0.231 e. The quantitative estimate of drug-likeness (QED) is 0.752. The minimum absolute atomic E-state index is 0.625. The summed E-state index contributed by atoms with van der Waals surface area (Å²) < 4.78 is 0. The fourth-order valence-electron chi connectivity index (χ4n) is 1.49. The van der Waals surface area contributed by atoms with Gasteiger partial charge >= 0.3 is 0 Å². The van der Waals surface area contributed by atoms with E-state index in [-0.39, 0.29) is 0 Å². The maximum absolute atomic E-state index is 4.40. The summed E-state index contributed by atoms with van der Waals surface area (Å²) in [5, 5.41) is 6.24. The molecule has 0 aliphatic rings. The molecule has 0 saturated heterocycles. The molecule has 2 N–H and O–H groups in total. The molecule has 0 radical (unpaired) electrons. The van der Waals surface area contributed by atoms with Gasteiger partial charge in [-0.3, -0.25) is 0 Å². The van der Waals surface area contributed by atoms with Crippen LogP contribution >= 0.6 is 0 Å². The van der Waals surface area contributed by atoms with E-state index < -0.39 is 0 Å². The lowest BCUT2D eigenvalue weighted by molar-refractivity contribution is 0.812. The first-order chi connectivity index (χ1) is 8.24. The molecule has 17 heavy (non-hydrogen) atoms. The molecular weight excluding hydrogens is 216 g/mol. The second-order valence-electron chi connectivity index (χ2n) is 3.52. The lowest BCUT2D eigenvalue weighted by Gasteiger charge is -2.19. The van der Waals surface area contributed by atoms with Crippen LogP contribution in [0.5, 0.6) is 0 Å². The monoisotopic (exact) mass is 238 g/mol. The summed E-state index contributed by atoms with van der Waals surface area (Å²) >= 11 is 0. The van der Waals surface area contributed by atoms with E-state index in [1.165, 1.54) is 0 Å². The van der Waals surface area contributed by atoms with Gasteiger partial charge in [-0.15, -0.1) is 0 Å². The third-order valence-corrected chi connectivity index (χ3v) is 2.34. The van der Waals surface area contributed by atoms with Crippen molar-refractivity contribution >= 4 is 17.8 Å². The first-order valence-corrected chi connectivity index (χ1v) is 6.23.